The number of carbonyl (C=O) groups excluding carboxylic acids is 2. The third-order valence-electron chi connectivity index (χ3n) is 2.39. The van der Waals surface area contributed by atoms with Gasteiger partial charge < -0.3 is 4.74 Å². The Morgan fingerprint density at radius 1 is 1.39 bits per heavy atom. The second kappa shape index (κ2) is 5.27. The first-order valence-corrected chi connectivity index (χ1v) is 5.53. The van der Waals surface area contributed by atoms with Gasteiger partial charge in [-0.1, -0.05) is 18.2 Å². The smallest absolute Gasteiger partial charge is 0.357 e. The van der Waals surface area contributed by atoms with Crippen molar-refractivity contribution in [2.45, 2.75) is 6.92 Å². The third kappa shape index (κ3) is 2.15. The van der Waals surface area contributed by atoms with Crippen LogP contribution in [0, 0.1) is 0 Å². The summed E-state index contributed by atoms with van der Waals surface area (Å²) in [7, 11) is 0. The van der Waals surface area contributed by atoms with Gasteiger partial charge in [0.1, 0.15) is 0 Å². The Morgan fingerprint density at radius 3 is 2.72 bits per heavy atom. The highest BCUT2D eigenvalue weighted by atomic mass is 16.5. The molecule has 1 aromatic carbocycles. The fourth-order valence-electron chi connectivity index (χ4n) is 1.62. The number of esters is 1. The van der Waals surface area contributed by atoms with E-state index in [4.69, 9.17) is 4.74 Å². The fourth-order valence-corrected chi connectivity index (χ4v) is 1.62. The van der Waals surface area contributed by atoms with Crippen molar-refractivity contribution in [1.29, 1.82) is 0 Å². The molecule has 1 heterocycles. The lowest BCUT2D eigenvalue weighted by Crippen LogP contribution is -2.13. The largest absolute Gasteiger partial charge is 0.461 e. The first-order valence-electron chi connectivity index (χ1n) is 5.53. The van der Waals surface area contributed by atoms with Crippen molar-refractivity contribution in [3.8, 4) is 5.69 Å². The van der Waals surface area contributed by atoms with Crippen LogP contribution in [-0.2, 0) is 4.74 Å². The molecule has 0 aliphatic rings. The molecule has 0 aliphatic heterocycles. The van der Waals surface area contributed by atoms with Gasteiger partial charge in [0.15, 0.2) is 12.0 Å². The highest BCUT2D eigenvalue weighted by Crippen LogP contribution is 2.14. The Hall–Kier alpha value is -2.43. The van der Waals surface area contributed by atoms with E-state index in [1.54, 1.807) is 19.1 Å². The van der Waals surface area contributed by atoms with Crippen molar-refractivity contribution in [2.24, 2.45) is 0 Å². The number of hydrogen-bond donors (Lipinski definition) is 0. The van der Waals surface area contributed by atoms with E-state index in [-0.39, 0.29) is 17.9 Å². The van der Waals surface area contributed by atoms with Gasteiger partial charge in [0.25, 0.3) is 0 Å². The fraction of sp³-hybridized carbons (Fsp3) is 0.154. The molecular formula is C13H12N2O3. The van der Waals surface area contributed by atoms with E-state index in [1.807, 2.05) is 18.2 Å². The molecule has 0 atom stereocenters. The Labute approximate surface area is 104 Å². The molecule has 92 valence electrons. The molecule has 0 fully saturated rings. The summed E-state index contributed by atoms with van der Waals surface area (Å²) >= 11 is 0. The number of aromatic nitrogens is 2. The van der Waals surface area contributed by atoms with Gasteiger partial charge in [0, 0.05) is 0 Å². The van der Waals surface area contributed by atoms with E-state index in [0.717, 1.165) is 0 Å². The molecule has 0 radical (unpaired) electrons. The Morgan fingerprint density at radius 2 is 2.11 bits per heavy atom. The van der Waals surface area contributed by atoms with E-state index in [0.29, 0.717) is 12.0 Å². The highest BCUT2D eigenvalue weighted by molar-refractivity contribution is 5.97. The maximum Gasteiger partial charge on any atom is 0.357 e. The lowest BCUT2D eigenvalue weighted by Gasteiger charge is -2.07. The molecule has 5 heteroatoms. The van der Waals surface area contributed by atoms with Gasteiger partial charge in [-0.25, -0.2) is 9.48 Å². The van der Waals surface area contributed by atoms with Gasteiger partial charge in [0.2, 0.25) is 0 Å². The first kappa shape index (κ1) is 12.0. The Kier molecular flexibility index (Phi) is 3.52. The number of benzene rings is 1. The van der Waals surface area contributed by atoms with Crippen LogP contribution in [0.4, 0.5) is 0 Å². The number of carbonyl (C=O) groups is 2. The average molecular weight is 244 g/mol. The summed E-state index contributed by atoms with van der Waals surface area (Å²) in [6.45, 7) is 1.96. The molecule has 2 aromatic rings. The minimum absolute atomic E-state index is 0.151. The van der Waals surface area contributed by atoms with E-state index in [9.17, 15) is 9.59 Å². The number of hydrogen-bond acceptors (Lipinski definition) is 4. The van der Waals surface area contributed by atoms with Crippen LogP contribution in [0.3, 0.4) is 0 Å². The lowest BCUT2D eigenvalue weighted by atomic mass is 10.2. The SMILES string of the molecule is CCOC(=O)c1c(C=O)cnn1-c1ccccc1. The van der Waals surface area contributed by atoms with Gasteiger partial charge in [-0.05, 0) is 19.1 Å². The van der Waals surface area contributed by atoms with Crippen LogP contribution in [0.1, 0.15) is 27.8 Å². The van der Waals surface area contributed by atoms with Crippen LogP contribution in [0.2, 0.25) is 0 Å². The maximum atomic E-state index is 11.8. The summed E-state index contributed by atoms with van der Waals surface area (Å²) in [5.41, 5.74) is 1.07. The average Bonchev–Trinajstić information content (AvgIpc) is 2.84. The first-order chi connectivity index (χ1) is 8.77. The van der Waals surface area contributed by atoms with Crippen molar-refractivity contribution in [3.63, 3.8) is 0 Å². The molecule has 0 spiro atoms. The molecule has 0 N–H and O–H groups in total. The molecule has 0 saturated heterocycles. The molecule has 18 heavy (non-hydrogen) atoms. The standard InChI is InChI=1S/C13H12N2O3/c1-2-18-13(17)12-10(9-16)8-14-15(12)11-6-4-3-5-7-11/h3-9H,2H2,1H3. The summed E-state index contributed by atoms with van der Waals surface area (Å²) in [6, 6.07) is 9.10. The molecule has 1 aromatic heterocycles. The third-order valence-corrected chi connectivity index (χ3v) is 2.39. The maximum absolute atomic E-state index is 11.8. The topological polar surface area (TPSA) is 61.2 Å². The van der Waals surface area contributed by atoms with Gasteiger partial charge >= 0.3 is 5.97 Å². The van der Waals surface area contributed by atoms with Crippen molar-refractivity contribution in [3.05, 3.63) is 47.8 Å². The second-order valence-corrected chi connectivity index (χ2v) is 3.53. The number of aldehydes is 1. The summed E-state index contributed by atoms with van der Waals surface area (Å²) in [6.07, 6.45) is 1.95. The van der Waals surface area contributed by atoms with Gasteiger partial charge in [0.05, 0.1) is 24.1 Å². The van der Waals surface area contributed by atoms with Crippen LogP contribution >= 0.6 is 0 Å². The molecule has 0 amide bonds. The predicted octanol–water partition coefficient (Wildman–Crippen LogP) is 1.86. The number of para-hydroxylation sites is 1. The highest BCUT2D eigenvalue weighted by Gasteiger charge is 2.20. The minimum atomic E-state index is -0.555. The van der Waals surface area contributed by atoms with Crippen LogP contribution in [0.25, 0.3) is 5.69 Å². The molecule has 0 unspecified atom stereocenters. The monoisotopic (exact) mass is 244 g/mol. The lowest BCUT2D eigenvalue weighted by molar-refractivity contribution is 0.0513. The van der Waals surface area contributed by atoms with Gasteiger partial charge in [-0.15, -0.1) is 0 Å². The predicted molar refractivity (Wildman–Crippen MR) is 64.9 cm³/mol. The number of nitrogens with zero attached hydrogens (tertiary/aromatic N) is 2. The van der Waals surface area contributed by atoms with Crippen LogP contribution in [0.5, 0.6) is 0 Å². The molecule has 2 rings (SSSR count). The van der Waals surface area contributed by atoms with E-state index < -0.39 is 5.97 Å². The van der Waals surface area contributed by atoms with Crippen molar-refractivity contribution < 1.29 is 14.3 Å². The molecule has 0 aliphatic carbocycles. The van der Waals surface area contributed by atoms with Crippen LogP contribution in [-0.4, -0.2) is 28.6 Å². The summed E-state index contributed by atoms with van der Waals surface area (Å²) in [5.74, 6) is -0.555. The summed E-state index contributed by atoms with van der Waals surface area (Å²) < 4.78 is 6.34. The van der Waals surface area contributed by atoms with E-state index in [1.165, 1.54) is 10.9 Å². The zero-order valence-corrected chi connectivity index (χ0v) is 9.87. The summed E-state index contributed by atoms with van der Waals surface area (Å²) in [4.78, 5) is 22.8. The second-order valence-electron chi connectivity index (χ2n) is 3.53. The molecule has 5 nitrogen and oxygen atoms in total. The molecular weight excluding hydrogens is 232 g/mol. The van der Waals surface area contributed by atoms with Crippen LogP contribution < -0.4 is 0 Å². The number of rotatable bonds is 4. The molecule has 0 saturated carbocycles. The minimum Gasteiger partial charge on any atom is -0.461 e. The van der Waals surface area contributed by atoms with E-state index >= 15 is 0 Å². The van der Waals surface area contributed by atoms with Gasteiger partial charge in [-0.3, -0.25) is 4.79 Å². The Bertz CT molecular complexity index is 561. The van der Waals surface area contributed by atoms with Crippen molar-refractivity contribution in [1.82, 2.24) is 9.78 Å². The van der Waals surface area contributed by atoms with Gasteiger partial charge in [-0.2, -0.15) is 5.10 Å². The number of ether oxygens (including phenoxy) is 1. The van der Waals surface area contributed by atoms with Crippen LogP contribution in [0.15, 0.2) is 36.5 Å². The van der Waals surface area contributed by atoms with Crippen molar-refractivity contribution >= 4 is 12.3 Å². The van der Waals surface area contributed by atoms with Crippen molar-refractivity contribution in [2.75, 3.05) is 6.61 Å². The quantitative estimate of drug-likeness (QED) is 0.608. The van der Waals surface area contributed by atoms with E-state index in [2.05, 4.69) is 5.10 Å². The Balaban J connectivity index is 2.52. The normalized spacial score (nSPS) is 10.1. The molecule has 0 bridgehead atoms. The zero-order valence-electron chi connectivity index (χ0n) is 9.87. The zero-order chi connectivity index (χ0) is 13.0. The summed E-state index contributed by atoms with van der Waals surface area (Å²) in [5, 5.41) is 4.05.